The monoisotopic (exact) mass is 144 g/mol. The van der Waals surface area contributed by atoms with Crippen LogP contribution in [0.3, 0.4) is 0 Å². The molecule has 62 valence electrons. The summed E-state index contributed by atoms with van der Waals surface area (Å²) in [6.07, 6.45) is 1.29. The van der Waals surface area contributed by atoms with Gasteiger partial charge in [-0.05, 0) is 6.42 Å². The summed E-state index contributed by atoms with van der Waals surface area (Å²) in [4.78, 5) is 0. The van der Waals surface area contributed by atoms with Gasteiger partial charge >= 0.3 is 0 Å². The molecule has 0 rings (SSSR count). The second-order valence-electron chi connectivity index (χ2n) is 4.24. The highest BCUT2D eigenvalue weighted by molar-refractivity contribution is 4.40. The van der Waals surface area contributed by atoms with Gasteiger partial charge in [-0.3, -0.25) is 0 Å². The van der Waals surface area contributed by atoms with Crippen LogP contribution in [0.15, 0.2) is 0 Å². The Balaban J connectivity index is 3.63. The third-order valence-corrected chi connectivity index (χ3v) is 1.69. The molecule has 0 aliphatic rings. The van der Waals surface area contributed by atoms with Crippen LogP contribution in [-0.4, -0.2) is 31.7 Å². The van der Waals surface area contributed by atoms with Crippen molar-refractivity contribution in [2.45, 2.75) is 27.2 Å². The fraction of sp³-hybridized carbons (Fsp3) is 1.00. The Bertz CT molecular complexity index is 84.7. The number of nitrogens with zero attached hydrogens (tertiary/aromatic N) is 1. The first-order valence-electron chi connectivity index (χ1n) is 4.30. The third-order valence-electron chi connectivity index (χ3n) is 1.69. The summed E-state index contributed by atoms with van der Waals surface area (Å²) in [5.41, 5.74) is 0. The van der Waals surface area contributed by atoms with E-state index in [1.807, 2.05) is 0 Å². The fourth-order valence-corrected chi connectivity index (χ4v) is 1.69. The molecule has 0 aliphatic carbocycles. The van der Waals surface area contributed by atoms with Crippen molar-refractivity contribution in [2.24, 2.45) is 5.92 Å². The molecule has 0 N–H and O–H groups in total. The van der Waals surface area contributed by atoms with Gasteiger partial charge in [0.15, 0.2) is 0 Å². The zero-order chi connectivity index (χ0) is 8.20. The maximum Gasteiger partial charge on any atom is 0.0805 e. The van der Waals surface area contributed by atoms with Crippen molar-refractivity contribution < 1.29 is 4.48 Å². The van der Waals surface area contributed by atoms with Gasteiger partial charge in [0.2, 0.25) is 0 Å². The summed E-state index contributed by atoms with van der Waals surface area (Å²) >= 11 is 0. The molecule has 0 aromatic heterocycles. The number of rotatable bonds is 4. The van der Waals surface area contributed by atoms with E-state index in [0.29, 0.717) is 0 Å². The fourth-order valence-electron chi connectivity index (χ4n) is 1.69. The first-order valence-corrected chi connectivity index (χ1v) is 4.30. The van der Waals surface area contributed by atoms with E-state index in [-0.39, 0.29) is 0 Å². The maximum absolute atomic E-state index is 2.31. The van der Waals surface area contributed by atoms with Gasteiger partial charge in [0.1, 0.15) is 0 Å². The molecule has 0 spiro atoms. The summed E-state index contributed by atoms with van der Waals surface area (Å²) in [5, 5.41) is 0. The van der Waals surface area contributed by atoms with Crippen molar-refractivity contribution in [2.75, 3.05) is 27.2 Å². The summed E-state index contributed by atoms with van der Waals surface area (Å²) in [6, 6.07) is 0. The van der Waals surface area contributed by atoms with Crippen molar-refractivity contribution in [1.29, 1.82) is 0 Å². The molecule has 0 amide bonds. The van der Waals surface area contributed by atoms with Gasteiger partial charge in [-0.15, -0.1) is 0 Å². The van der Waals surface area contributed by atoms with Gasteiger partial charge in [0.25, 0.3) is 0 Å². The van der Waals surface area contributed by atoms with Crippen LogP contribution in [-0.2, 0) is 0 Å². The Kier molecular flexibility index (Phi) is 3.95. The molecule has 0 aliphatic heterocycles. The predicted molar refractivity (Wildman–Crippen MR) is 47.0 cm³/mol. The van der Waals surface area contributed by atoms with Crippen LogP contribution in [0.2, 0.25) is 0 Å². The molecule has 0 radical (unpaired) electrons. The highest BCUT2D eigenvalue weighted by atomic mass is 15.3. The second kappa shape index (κ2) is 3.97. The minimum absolute atomic E-state index is 0.821. The van der Waals surface area contributed by atoms with Crippen LogP contribution in [0.1, 0.15) is 27.2 Å². The van der Waals surface area contributed by atoms with Crippen LogP contribution in [0.4, 0.5) is 0 Å². The Hall–Kier alpha value is -0.0400. The quantitative estimate of drug-likeness (QED) is 0.530. The molecule has 0 saturated heterocycles. The van der Waals surface area contributed by atoms with Crippen molar-refractivity contribution in [3.63, 3.8) is 0 Å². The number of quaternary nitrogens is 1. The Morgan fingerprint density at radius 3 is 2.00 bits per heavy atom. The standard InChI is InChI=1S/C9H22N/c1-6-7-10(4,5)8-9(2)3/h9H,6-8H2,1-5H3/q+1. The normalized spacial score (nSPS) is 12.6. The van der Waals surface area contributed by atoms with Crippen molar-refractivity contribution in [1.82, 2.24) is 0 Å². The summed E-state index contributed by atoms with van der Waals surface area (Å²) in [5.74, 6) is 0.821. The largest absolute Gasteiger partial charge is 0.328 e. The number of hydrogen-bond donors (Lipinski definition) is 0. The van der Waals surface area contributed by atoms with Gasteiger partial charge in [-0.1, -0.05) is 20.8 Å². The molecule has 1 nitrogen and oxygen atoms in total. The van der Waals surface area contributed by atoms with Crippen LogP contribution in [0, 0.1) is 5.92 Å². The summed E-state index contributed by atoms with van der Waals surface area (Å²) in [7, 11) is 4.62. The molecule has 0 atom stereocenters. The SMILES string of the molecule is CCC[N+](C)(C)CC(C)C. The first kappa shape index (κ1) is 9.96. The van der Waals surface area contributed by atoms with Crippen LogP contribution < -0.4 is 0 Å². The average Bonchev–Trinajstić information content (AvgIpc) is 1.59. The molecule has 1 heteroatoms. The summed E-state index contributed by atoms with van der Waals surface area (Å²) < 4.78 is 1.17. The van der Waals surface area contributed by atoms with Gasteiger partial charge in [0, 0.05) is 5.92 Å². The van der Waals surface area contributed by atoms with E-state index in [0.717, 1.165) is 5.92 Å². The molecular weight excluding hydrogens is 122 g/mol. The zero-order valence-corrected chi connectivity index (χ0v) is 8.15. The van der Waals surface area contributed by atoms with Crippen LogP contribution in [0.5, 0.6) is 0 Å². The van der Waals surface area contributed by atoms with Gasteiger partial charge in [-0.2, -0.15) is 0 Å². The molecule has 0 fully saturated rings. The lowest BCUT2D eigenvalue weighted by Gasteiger charge is -2.31. The molecule has 0 heterocycles. The first-order chi connectivity index (χ1) is 4.48. The maximum atomic E-state index is 2.31. The molecule has 0 aromatic carbocycles. The van der Waals surface area contributed by atoms with E-state index in [9.17, 15) is 0 Å². The lowest BCUT2D eigenvalue weighted by atomic mass is 10.2. The molecule has 0 saturated carbocycles. The van der Waals surface area contributed by atoms with Crippen LogP contribution >= 0.6 is 0 Å². The molecule has 10 heavy (non-hydrogen) atoms. The van der Waals surface area contributed by atoms with Crippen molar-refractivity contribution >= 4 is 0 Å². The highest BCUT2D eigenvalue weighted by Gasteiger charge is 2.14. The van der Waals surface area contributed by atoms with E-state index in [4.69, 9.17) is 0 Å². The lowest BCUT2D eigenvalue weighted by Crippen LogP contribution is -2.42. The highest BCUT2D eigenvalue weighted by Crippen LogP contribution is 2.04. The molecule has 0 aromatic rings. The molecular formula is C9H22N+. The second-order valence-corrected chi connectivity index (χ2v) is 4.24. The predicted octanol–water partition coefficient (Wildman–Crippen LogP) is 2.13. The molecule has 0 unspecified atom stereocenters. The van der Waals surface area contributed by atoms with E-state index in [1.54, 1.807) is 0 Å². The van der Waals surface area contributed by atoms with Crippen molar-refractivity contribution in [3.8, 4) is 0 Å². The minimum atomic E-state index is 0.821. The van der Waals surface area contributed by atoms with Crippen molar-refractivity contribution in [3.05, 3.63) is 0 Å². The third kappa shape index (κ3) is 4.80. The van der Waals surface area contributed by atoms with E-state index in [1.165, 1.54) is 24.0 Å². The van der Waals surface area contributed by atoms with Gasteiger partial charge < -0.3 is 4.48 Å². The Labute approximate surface area is 65.6 Å². The average molecular weight is 144 g/mol. The number of hydrogen-bond acceptors (Lipinski definition) is 0. The lowest BCUT2D eigenvalue weighted by molar-refractivity contribution is -0.893. The Morgan fingerprint density at radius 2 is 1.70 bits per heavy atom. The minimum Gasteiger partial charge on any atom is -0.328 e. The molecule has 0 bridgehead atoms. The van der Waals surface area contributed by atoms with E-state index >= 15 is 0 Å². The smallest absolute Gasteiger partial charge is 0.0805 e. The van der Waals surface area contributed by atoms with E-state index in [2.05, 4.69) is 34.9 Å². The topological polar surface area (TPSA) is 0 Å². The van der Waals surface area contributed by atoms with Gasteiger partial charge in [0.05, 0.1) is 27.2 Å². The Morgan fingerprint density at radius 1 is 1.20 bits per heavy atom. The van der Waals surface area contributed by atoms with Gasteiger partial charge in [-0.25, -0.2) is 0 Å². The zero-order valence-electron chi connectivity index (χ0n) is 8.15. The summed E-state index contributed by atoms with van der Waals surface area (Å²) in [6.45, 7) is 9.43. The van der Waals surface area contributed by atoms with E-state index < -0.39 is 0 Å². The van der Waals surface area contributed by atoms with Crippen LogP contribution in [0.25, 0.3) is 0 Å².